The number of rotatable bonds is 4. The number of halogens is 1. The Morgan fingerprint density at radius 3 is 2.63 bits per heavy atom. The number of nitrogens with zero attached hydrogens (tertiary/aromatic N) is 5. The molecular weight excluding hydrogens is 539 g/mol. The Bertz CT molecular complexity index is 2150. The first-order valence-electron chi connectivity index (χ1n) is 14.7. The van der Waals surface area contributed by atoms with Crippen LogP contribution in [0.25, 0.3) is 55.1 Å². The fraction of sp³-hybridized carbons (Fsp3) is 0.257. The van der Waals surface area contributed by atoms with Gasteiger partial charge in [0.2, 0.25) is 0 Å². The number of aryl methyl sites for hydroxylation is 2. The van der Waals surface area contributed by atoms with Gasteiger partial charge in [0.1, 0.15) is 22.7 Å². The van der Waals surface area contributed by atoms with Gasteiger partial charge in [-0.15, -0.1) is 0 Å². The zero-order valence-corrected chi connectivity index (χ0v) is 24.1. The molecule has 43 heavy (non-hydrogen) atoms. The number of hydrogen-bond donors (Lipinski definition) is 2. The third-order valence-corrected chi connectivity index (χ3v) is 9.43. The van der Waals surface area contributed by atoms with Crippen molar-refractivity contribution in [3.63, 3.8) is 0 Å². The molecule has 0 amide bonds. The van der Waals surface area contributed by atoms with Gasteiger partial charge in [-0.1, -0.05) is 24.3 Å². The first-order chi connectivity index (χ1) is 20.8. The van der Waals surface area contributed by atoms with Crippen LogP contribution in [-0.4, -0.2) is 37.2 Å². The molecule has 3 aromatic carbocycles. The Labute approximate surface area is 247 Å². The molecule has 1 aliphatic carbocycles. The van der Waals surface area contributed by atoms with Crippen molar-refractivity contribution in [3.05, 3.63) is 83.7 Å². The minimum absolute atomic E-state index is 0.0280. The summed E-state index contributed by atoms with van der Waals surface area (Å²) in [4.78, 5) is 14.1. The van der Waals surface area contributed by atoms with Gasteiger partial charge in [-0.2, -0.15) is 5.26 Å². The molecule has 2 saturated heterocycles. The van der Waals surface area contributed by atoms with E-state index < -0.39 is 11.7 Å². The molecule has 3 fully saturated rings. The van der Waals surface area contributed by atoms with Crippen molar-refractivity contribution < 1.29 is 9.50 Å². The lowest BCUT2D eigenvalue weighted by Crippen LogP contribution is -2.39. The van der Waals surface area contributed by atoms with Crippen molar-refractivity contribution in [2.75, 3.05) is 6.54 Å². The Morgan fingerprint density at radius 1 is 1.07 bits per heavy atom. The molecule has 2 N–H and O–H groups in total. The summed E-state index contributed by atoms with van der Waals surface area (Å²) in [7, 11) is 0. The molecule has 1 unspecified atom stereocenters. The van der Waals surface area contributed by atoms with Crippen LogP contribution in [0.5, 0.6) is 5.75 Å². The van der Waals surface area contributed by atoms with Crippen molar-refractivity contribution in [1.29, 1.82) is 5.26 Å². The maximum atomic E-state index is 17.3. The van der Waals surface area contributed by atoms with Gasteiger partial charge < -0.3 is 15.0 Å². The maximum absolute atomic E-state index is 17.3. The van der Waals surface area contributed by atoms with E-state index in [4.69, 9.17) is 4.98 Å². The van der Waals surface area contributed by atoms with Crippen molar-refractivity contribution >= 4 is 32.6 Å². The van der Waals surface area contributed by atoms with Gasteiger partial charge in [0.25, 0.3) is 0 Å². The standard InChI is InChI=1S/C35H29FN6O/c1-17(13-37)24-12-27-33(31(36)30(24)25-11-22(43)9-20-6-4-5-7-23(20)25)41-32(29-16-38-18(2)14-39-29)26-8-19(3)42(35(26)27)34-21-10-28(34)40-15-21/h4-9,11-12,14,16-17,21,28,34,40,43H,10,15H2,1-3H3/t17?,21-,28-,34+/m1/s1. The van der Waals surface area contributed by atoms with Crippen molar-refractivity contribution in [2.24, 2.45) is 5.92 Å². The van der Waals surface area contributed by atoms with Gasteiger partial charge in [-0.25, -0.2) is 9.37 Å². The van der Waals surface area contributed by atoms with Crippen LogP contribution in [0, 0.1) is 36.9 Å². The summed E-state index contributed by atoms with van der Waals surface area (Å²) in [6, 6.07) is 17.8. The van der Waals surface area contributed by atoms with Crippen LogP contribution in [-0.2, 0) is 0 Å². The highest BCUT2D eigenvalue weighted by atomic mass is 19.1. The minimum Gasteiger partial charge on any atom is -0.508 e. The van der Waals surface area contributed by atoms with Crippen molar-refractivity contribution in [2.45, 2.75) is 45.2 Å². The van der Waals surface area contributed by atoms with Crippen LogP contribution >= 0.6 is 0 Å². The largest absolute Gasteiger partial charge is 0.508 e. The summed E-state index contributed by atoms with van der Waals surface area (Å²) in [6.07, 6.45) is 4.52. The van der Waals surface area contributed by atoms with Crippen LogP contribution in [0.4, 0.5) is 4.39 Å². The quantitative estimate of drug-likeness (QED) is 0.236. The number of aromatic nitrogens is 4. The SMILES string of the molecule is Cc1cnc(-c2nc3c(F)c(-c4cc(O)cc5ccccc45)c(C(C)C#N)cc3c3c2cc(C)n3[C@H]2[C@H]3CN[C@@H]2C3)cn1. The Balaban J connectivity index is 1.53. The third-order valence-electron chi connectivity index (χ3n) is 9.43. The normalized spacial score (nSPS) is 20.0. The van der Waals surface area contributed by atoms with E-state index in [1.165, 1.54) is 0 Å². The second-order valence-electron chi connectivity index (χ2n) is 12.0. The van der Waals surface area contributed by atoms with Gasteiger partial charge in [0.15, 0.2) is 5.82 Å². The number of nitrogens with one attached hydrogen (secondary N) is 1. The van der Waals surface area contributed by atoms with E-state index in [2.05, 4.69) is 38.9 Å². The number of aromatic hydroxyl groups is 1. The molecule has 3 aliphatic rings. The van der Waals surface area contributed by atoms with Gasteiger partial charge in [0, 0.05) is 40.8 Å². The molecule has 0 spiro atoms. The lowest BCUT2D eigenvalue weighted by molar-refractivity contribution is 0.223. The number of fused-ring (bicyclic) bond motifs is 5. The summed E-state index contributed by atoms with van der Waals surface area (Å²) in [5.41, 5.74) is 5.49. The zero-order chi connectivity index (χ0) is 29.6. The second-order valence-corrected chi connectivity index (χ2v) is 12.0. The van der Waals surface area contributed by atoms with Gasteiger partial charge in [-0.3, -0.25) is 9.97 Å². The molecule has 212 valence electrons. The summed E-state index contributed by atoms with van der Waals surface area (Å²) in [5.74, 6) is -0.599. The van der Waals surface area contributed by atoms with Crippen LogP contribution in [0.1, 0.15) is 42.3 Å². The van der Waals surface area contributed by atoms with E-state index in [0.29, 0.717) is 39.9 Å². The lowest BCUT2D eigenvalue weighted by atomic mass is 9.79. The summed E-state index contributed by atoms with van der Waals surface area (Å²) >= 11 is 0. The highest BCUT2D eigenvalue weighted by molar-refractivity contribution is 6.12. The molecule has 5 heterocycles. The zero-order valence-electron chi connectivity index (χ0n) is 24.1. The number of pyridine rings is 1. The van der Waals surface area contributed by atoms with E-state index in [1.807, 2.05) is 37.3 Å². The van der Waals surface area contributed by atoms with Crippen LogP contribution in [0.2, 0.25) is 0 Å². The fourth-order valence-electron chi connectivity index (χ4n) is 7.35. The average molecular weight is 569 g/mol. The minimum atomic E-state index is -0.612. The third kappa shape index (κ3) is 3.71. The molecule has 6 aromatic rings. The maximum Gasteiger partial charge on any atom is 0.157 e. The fourth-order valence-corrected chi connectivity index (χ4v) is 7.35. The predicted molar refractivity (Wildman–Crippen MR) is 165 cm³/mol. The number of phenolic OH excluding ortho intramolecular Hbond substituents is 1. The summed E-state index contributed by atoms with van der Waals surface area (Å²) in [6.45, 7) is 6.73. The Morgan fingerprint density at radius 2 is 1.91 bits per heavy atom. The molecule has 7 nitrogen and oxygen atoms in total. The highest BCUT2D eigenvalue weighted by Gasteiger charge is 2.48. The monoisotopic (exact) mass is 568 g/mol. The first-order valence-corrected chi connectivity index (χ1v) is 14.7. The lowest BCUT2D eigenvalue weighted by Gasteiger charge is -2.37. The molecule has 2 bridgehead atoms. The summed E-state index contributed by atoms with van der Waals surface area (Å²) in [5, 5.41) is 27.6. The van der Waals surface area contributed by atoms with E-state index >= 15 is 4.39 Å². The first kappa shape index (κ1) is 25.8. The smallest absolute Gasteiger partial charge is 0.157 e. The molecule has 1 saturated carbocycles. The Kier molecular flexibility index (Phi) is 5.59. The van der Waals surface area contributed by atoms with Crippen LogP contribution in [0.3, 0.4) is 0 Å². The topological polar surface area (TPSA) is 99.7 Å². The van der Waals surface area contributed by atoms with E-state index in [9.17, 15) is 10.4 Å². The predicted octanol–water partition coefficient (Wildman–Crippen LogP) is 7.09. The molecule has 9 rings (SSSR count). The van der Waals surface area contributed by atoms with Crippen molar-refractivity contribution in [3.8, 4) is 34.3 Å². The number of hydrogen-bond acceptors (Lipinski definition) is 6. The van der Waals surface area contributed by atoms with Gasteiger partial charge in [-0.05, 0) is 79.3 Å². The molecule has 4 atom stereocenters. The number of phenols is 1. The van der Waals surface area contributed by atoms with Crippen molar-refractivity contribution in [1.82, 2.24) is 24.8 Å². The van der Waals surface area contributed by atoms with E-state index in [1.54, 1.807) is 31.5 Å². The van der Waals surface area contributed by atoms with E-state index in [0.717, 1.165) is 46.0 Å². The molecule has 2 aliphatic heterocycles. The van der Waals surface area contributed by atoms with Crippen LogP contribution < -0.4 is 5.32 Å². The van der Waals surface area contributed by atoms with Crippen LogP contribution in [0.15, 0.2) is 60.9 Å². The molecule has 8 heteroatoms. The summed E-state index contributed by atoms with van der Waals surface area (Å²) < 4.78 is 19.7. The van der Waals surface area contributed by atoms with Gasteiger partial charge >= 0.3 is 0 Å². The Hall–Kier alpha value is -4.87. The van der Waals surface area contributed by atoms with Gasteiger partial charge in [0.05, 0.1) is 35.4 Å². The molecule has 3 aromatic heterocycles. The van der Waals surface area contributed by atoms with E-state index in [-0.39, 0.29) is 22.9 Å². The number of nitriles is 1. The average Bonchev–Trinajstić information content (AvgIpc) is 3.73. The number of benzene rings is 3. The second kappa shape index (κ2) is 9.32. The molecular formula is C35H29FN6O. The molecule has 0 radical (unpaired) electrons. The highest BCUT2D eigenvalue weighted by Crippen LogP contribution is 2.49.